The fourth-order valence-corrected chi connectivity index (χ4v) is 2.98. The van der Waals surface area contributed by atoms with Crippen LogP contribution in [0.25, 0.3) is 0 Å². The van der Waals surface area contributed by atoms with E-state index >= 15 is 0 Å². The first-order chi connectivity index (χ1) is 11.6. The summed E-state index contributed by atoms with van der Waals surface area (Å²) < 4.78 is 5.82. The third-order valence-corrected chi connectivity index (χ3v) is 4.41. The van der Waals surface area contributed by atoms with Crippen molar-refractivity contribution in [2.45, 2.75) is 13.0 Å². The number of esters is 1. The summed E-state index contributed by atoms with van der Waals surface area (Å²) >= 11 is 7.39. The van der Waals surface area contributed by atoms with Crippen LogP contribution in [0.15, 0.2) is 54.2 Å². The Kier molecular flexibility index (Phi) is 5.08. The van der Waals surface area contributed by atoms with E-state index in [1.165, 1.54) is 35.9 Å². The Balaban J connectivity index is 1.56. The van der Waals surface area contributed by atoms with E-state index in [1.54, 1.807) is 0 Å². The molecule has 3 rings (SSSR count). The van der Waals surface area contributed by atoms with Crippen LogP contribution in [0.1, 0.15) is 26.6 Å². The number of pyridine rings is 1. The van der Waals surface area contributed by atoms with E-state index in [1.807, 2.05) is 29.6 Å². The number of nitrogens with zero attached hydrogens (tertiary/aromatic N) is 2. The number of halogens is 1. The number of aromatic nitrogens is 2. The van der Waals surface area contributed by atoms with Crippen molar-refractivity contribution in [2.24, 2.45) is 0 Å². The van der Waals surface area contributed by atoms with Crippen LogP contribution in [0.4, 0.5) is 0 Å². The summed E-state index contributed by atoms with van der Waals surface area (Å²) in [5.74, 6) is -0.483. The summed E-state index contributed by atoms with van der Waals surface area (Å²) in [4.78, 5) is 16.4. The van der Waals surface area contributed by atoms with Gasteiger partial charge in [0.1, 0.15) is 6.61 Å². The monoisotopic (exact) mass is 360 g/mol. The molecule has 1 aromatic carbocycles. The minimum Gasteiger partial charge on any atom is -0.619 e. The molecule has 0 amide bonds. The van der Waals surface area contributed by atoms with E-state index in [4.69, 9.17) is 16.3 Å². The van der Waals surface area contributed by atoms with Crippen LogP contribution >= 0.6 is 22.9 Å². The SMILES string of the molecule is O=C(OCc1csc(Cc2ccc(Cl)cc2)n1)c1cc[n+]([O-])cc1. The van der Waals surface area contributed by atoms with Crippen LogP contribution in [0.3, 0.4) is 0 Å². The largest absolute Gasteiger partial charge is 0.619 e. The van der Waals surface area contributed by atoms with Gasteiger partial charge >= 0.3 is 5.97 Å². The molecule has 2 aromatic heterocycles. The summed E-state index contributed by atoms with van der Waals surface area (Å²) in [5, 5.41) is 14.5. The second-order valence-corrected chi connectivity index (χ2v) is 6.44. The summed E-state index contributed by atoms with van der Waals surface area (Å²) in [6, 6.07) is 10.4. The number of hydrogen-bond donors (Lipinski definition) is 0. The number of thiazole rings is 1. The highest BCUT2D eigenvalue weighted by molar-refractivity contribution is 7.09. The smallest absolute Gasteiger partial charge is 0.338 e. The maximum absolute atomic E-state index is 11.9. The highest BCUT2D eigenvalue weighted by atomic mass is 35.5. The Hall–Kier alpha value is -2.44. The lowest BCUT2D eigenvalue weighted by Gasteiger charge is -2.02. The molecule has 0 spiro atoms. The molecule has 0 bridgehead atoms. The number of carbonyl (C=O) groups excluding carboxylic acids is 1. The van der Waals surface area contributed by atoms with Crippen LogP contribution in [0, 0.1) is 5.21 Å². The van der Waals surface area contributed by atoms with Crippen LogP contribution in [0.2, 0.25) is 5.02 Å². The molecule has 7 heteroatoms. The van der Waals surface area contributed by atoms with Crippen molar-refractivity contribution in [3.05, 3.63) is 86.2 Å². The summed E-state index contributed by atoms with van der Waals surface area (Å²) in [6.45, 7) is 0.0994. The Morgan fingerprint density at radius 3 is 2.62 bits per heavy atom. The molecule has 0 saturated carbocycles. The first kappa shape index (κ1) is 16.4. The van der Waals surface area contributed by atoms with Crippen molar-refractivity contribution in [2.75, 3.05) is 0 Å². The van der Waals surface area contributed by atoms with Crippen LogP contribution in [-0.4, -0.2) is 11.0 Å². The summed E-state index contributed by atoms with van der Waals surface area (Å²) in [6.07, 6.45) is 3.21. The quantitative estimate of drug-likeness (QED) is 0.397. The van der Waals surface area contributed by atoms with E-state index in [2.05, 4.69) is 4.98 Å². The molecule has 0 N–H and O–H groups in total. The van der Waals surface area contributed by atoms with Crippen molar-refractivity contribution in [3.8, 4) is 0 Å². The molecule has 24 heavy (non-hydrogen) atoms. The van der Waals surface area contributed by atoms with Crippen molar-refractivity contribution in [1.29, 1.82) is 0 Å². The maximum atomic E-state index is 11.9. The fourth-order valence-electron chi connectivity index (χ4n) is 2.04. The van der Waals surface area contributed by atoms with E-state index < -0.39 is 5.97 Å². The Morgan fingerprint density at radius 2 is 1.92 bits per heavy atom. The molecular weight excluding hydrogens is 348 g/mol. The molecule has 0 radical (unpaired) electrons. The Morgan fingerprint density at radius 1 is 1.21 bits per heavy atom. The van der Waals surface area contributed by atoms with Crippen molar-refractivity contribution >= 4 is 28.9 Å². The zero-order valence-electron chi connectivity index (χ0n) is 12.5. The molecule has 2 heterocycles. The van der Waals surface area contributed by atoms with E-state index in [0.29, 0.717) is 27.4 Å². The third-order valence-electron chi connectivity index (χ3n) is 3.26. The molecule has 0 aliphatic heterocycles. The van der Waals surface area contributed by atoms with Crippen molar-refractivity contribution < 1.29 is 14.3 Å². The minimum absolute atomic E-state index is 0.0994. The van der Waals surface area contributed by atoms with Gasteiger partial charge in [0.15, 0.2) is 12.4 Å². The molecular formula is C17H13ClN2O3S. The molecule has 0 saturated heterocycles. The van der Waals surface area contributed by atoms with Crippen molar-refractivity contribution in [1.82, 2.24) is 4.98 Å². The van der Waals surface area contributed by atoms with Gasteiger partial charge in [0, 0.05) is 29.0 Å². The number of ether oxygens (including phenoxy) is 1. The van der Waals surface area contributed by atoms with Gasteiger partial charge in [0.05, 0.1) is 16.3 Å². The molecule has 0 unspecified atom stereocenters. The topological polar surface area (TPSA) is 66.1 Å². The van der Waals surface area contributed by atoms with Gasteiger partial charge in [-0.05, 0) is 17.7 Å². The minimum atomic E-state index is -0.483. The third kappa shape index (κ3) is 4.31. The molecule has 0 atom stereocenters. The predicted octanol–water partition coefficient (Wildman–Crippen LogP) is 3.38. The van der Waals surface area contributed by atoms with Gasteiger partial charge < -0.3 is 9.94 Å². The highest BCUT2D eigenvalue weighted by Crippen LogP contribution is 2.17. The standard InChI is InChI=1S/C17H13ClN2O3S/c18-14-3-1-12(2-4-14)9-16-19-15(11-24-16)10-23-17(21)13-5-7-20(22)8-6-13/h1-8,11H,9-10H2. The normalized spacial score (nSPS) is 10.5. The second kappa shape index (κ2) is 7.42. The van der Waals surface area contributed by atoms with E-state index in [-0.39, 0.29) is 6.61 Å². The average molecular weight is 361 g/mol. The van der Waals surface area contributed by atoms with E-state index in [9.17, 15) is 10.0 Å². The average Bonchev–Trinajstić information content (AvgIpc) is 3.03. The van der Waals surface area contributed by atoms with Gasteiger partial charge in [-0.3, -0.25) is 0 Å². The van der Waals surface area contributed by atoms with Gasteiger partial charge in [0.2, 0.25) is 0 Å². The number of hydrogen-bond acceptors (Lipinski definition) is 5. The van der Waals surface area contributed by atoms with Gasteiger partial charge in [0.25, 0.3) is 0 Å². The number of benzene rings is 1. The second-order valence-electron chi connectivity index (χ2n) is 5.06. The fraction of sp³-hybridized carbons (Fsp3) is 0.118. The maximum Gasteiger partial charge on any atom is 0.338 e. The predicted molar refractivity (Wildman–Crippen MR) is 90.9 cm³/mol. The number of carbonyl (C=O) groups is 1. The summed E-state index contributed by atoms with van der Waals surface area (Å²) in [7, 11) is 0. The van der Waals surface area contributed by atoms with Crippen LogP contribution in [-0.2, 0) is 17.8 Å². The molecule has 0 aliphatic rings. The molecule has 122 valence electrons. The highest BCUT2D eigenvalue weighted by Gasteiger charge is 2.10. The zero-order valence-corrected chi connectivity index (χ0v) is 14.1. The summed E-state index contributed by atoms with van der Waals surface area (Å²) in [5.41, 5.74) is 2.15. The molecule has 3 aromatic rings. The zero-order chi connectivity index (χ0) is 16.9. The Bertz CT molecular complexity index is 832. The van der Waals surface area contributed by atoms with Gasteiger partial charge in [-0.2, -0.15) is 4.73 Å². The van der Waals surface area contributed by atoms with E-state index in [0.717, 1.165) is 10.6 Å². The van der Waals surface area contributed by atoms with Gasteiger partial charge in [-0.25, -0.2) is 9.78 Å². The number of rotatable bonds is 5. The van der Waals surface area contributed by atoms with Crippen LogP contribution < -0.4 is 4.73 Å². The lowest BCUT2D eigenvalue weighted by molar-refractivity contribution is -0.605. The van der Waals surface area contributed by atoms with Crippen molar-refractivity contribution in [3.63, 3.8) is 0 Å². The lowest BCUT2D eigenvalue weighted by atomic mass is 10.2. The van der Waals surface area contributed by atoms with Gasteiger partial charge in [-0.15, -0.1) is 11.3 Å². The molecule has 5 nitrogen and oxygen atoms in total. The molecule has 0 fully saturated rings. The first-order valence-electron chi connectivity index (χ1n) is 7.14. The lowest BCUT2D eigenvalue weighted by Crippen LogP contribution is -2.24. The first-order valence-corrected chi connectivity index (χ1v) is 8.39. The Labute approximate surface area is 147 Å². The van der Waals surface area contributed by atoms with Gasteiger partial charge in [-0.1, -0.05) is 23.7 Å². The molecule has 0 aliphatic carbocycles. The van der Waals surface area contributed by atoms with Crippen LogP contribution in [0.5, 0.6) is 0 Å².